The third-order valence-corrected chi connectivity index (χ3v) is 5.70. The minimum atomic E-state index is -0.955. The second-order valence-electron chi connectivity index (χ2n) is 7.49. The molecular formula is C20H24N4O5. The number of ether oxygens (including phenoxy) is 1. The van der Waals surface area contributed by atoms with Gasteiger partial charge in [-0.25, -0.2) is 0 Å². The second-order valence-corrected chi connectivity index (χ2v) is 7.49. The molecule has 4 rings (SSSR count). The second kappa shape index (κ2) is 7.92. The smallest absolute Gasteiger partial charge is 0.264 e. The van der Waals surface area contributed by atoms with Crippen LogP contribution in [0, 0.1) is 0 Å². The van der Waals surface area contributed by atoms with E-state index in [2.05, 4.69) is 10.2 Å². The molecule has 0 saturated carbocycles. The lowest BCUT2D eigenvalue weighted by atomic mass is 10.0. The first-order valence-corrected chi connectivity index (χ1v) is 9.92. The number of amides is 4. The molecule has 3 heterocycles. The summed E-state index contributed by atoms with van der Waals surface area (Å²) in [4.78, 5) is 52.9. The van der Waals surface area contributed by atoms with E-state index in [9.17, 15) is 19.2 Å². The molecule has 9 heteroatoms. The Morgan fingerprint density at radius 3 is 2.52 bits per heavy atom. The Bertz CT molecular complexity index is 862. The first-order valence-electron chi connectivity index (χ1n) is 9.92. The minimum absolute atomic E-state index is 0.104. The molecule has 0 spiro atoms. The van der Waals surface area contributed by atoms with E-state index in [1.165, 1.54) is 0 Å². The molecule has 2 fully saturated rings. The molecule has 0 aliphatic carbocycles. The van der Waals surface area contributed by atoms with Crippen molar-refractivity contribution in [1.29, 1.82) is 0 Å². The average molecular weight is 400 g/mol. The number of fused-ring (bicyclic) bond motifs is 1. The lowest BCUT2D eigenvalue weighted by Crippen LogP contribution is -2.54. The van der Waals surface area contributed by atoms with Crippen LogP contribution in [-0.4, -0.2) is 66.9 Å². The molecule has 0 radical (unpaired) electrons. The number of piperidine rings is 2. The number of anilines is 1. The monoisotopic (exact) mass is 400 g/mol. The largest absolute Gasteiger partial charge is 0.377 e. The van der Waals surface area contributed by atoms with Crippen LogP contribution in [0.2, 0.25) is 0 Å². The van der Waals surface area contributed by atoms with Crippen LogP contribution >= 0.6 is 0 Å². The Morgan fingerprint density at radius 1 is 1.07 bits per heavy atom. The maximum Gasteiger partial charge on any atom is 0.264 e. The van der Waals surface area contributed by atoms with Crippen LogP contribution in [0.1, 0.15) is 46.4 Å². The number of carbonyl (C=O) groups excluding carboxylic acids is 4. The Morgan fingerprint density at radius 2 is 1.83 bits per heavy atom. The molecule has 0 bridgehead atoms. The van der Waals surface area contributed by atoms with Crippen LogP contribution in [0.25, 0.3) is 0 Å². The van der Waals surface area contributed by atoms with Crippen molar-refractivity contribution in [2.75, 3.05) is 31.1 Å². The molecule has 2 saturated heterocycles. The van der Waals surface area contributed by atoms with E-state index in [1.807, 2.05) is 6.07 Å². The van der Waals surface area contributed by atoms with Gasteiger partial charge in [0, 0.05) is 26.1 Å². The standard InChI is InChI=1S/C20H24N4O5/c21-8-11-29-12-6-9-23(10-7-12)14-3-1-2-13-17(14)20(28)24(19(13)27)15-4-5-16(25)22-18(15)26/h1-3,12,15H,4-11,21H2,(H,22,25,26). The van der Waals surface area contributed by atoms with E-state index in [1.54, 1.807) is 12.1 Å². The zero-order chi connectivity index (χ0) is 20.5. The summed E-state index contributed by atoms with van der Waals surface area (Å²) >= 11 is 0. The van der Waals surface area contributed by atoms with Crippen molar-refractivity contribution in [2.45, 2.75) is 37.8 Å². The number of nitrogens with one attached hydrogen (secondary N) is 1. The molecular weight excluding hydrogens is 376 g/mol. The number of hydrogen-bond donors (Lipinski definition) is 2. The van der Waals surface area contributed by atoms with E-state index in [0.717, 1.165) is 17.7 Å². The highest BCUT2D eigenvalue weighted by atomic mass is 16.5. The molecule has 154 valence electrons. The number of benzene rings is 1. The highest BCUT2D eigenvalue weighted by Gasteiger charge is 2.46. The molecule has 1 atom stereocenters. The van der Waals surface area contributed by atoms with Crippen LogP contribution in [-0.2, 0) is 14.3 Å². The lowest BCUT2D eigenvalue weighted by Gasteiger charge is -2.34. The van der Waals surface area contributed by atoms with Gasteiger partial charge in [0.05, 0.1) is 29.5 Å². The highest BCUT2D eigenvalue weighted by molar-refractivity contribution is 6.25. The molecule has 3 aliphatic rings. The number of carbonyl (C=O) groups is 4. The van der Waals surface area contributed by atoms with Gasteiger partial charge in [0.25, 0.3) is 11.8 Å². The van der Waals surface area contributed by atoms with Crippen molar-refractivity contribution in [3.05, 3.63) is 29.3 Å². The van der Waals surface area contributed by atoms with Crippen molar-refractivity contribution in [1.82, 2.24) is 10.2 Å². The SMILES string of the molecule is NCCOC1CCN(c2cccc3c2C(=O)N(C2CCC(=O)NC2=O)C3=O)CC1. The van der Waals surface area contributed by atoms with E-state index in [0.29, 0.717) is 43.1 Å². The number of nitrogens with two attached hydrogens (primary N) is 1. The fraction of sp³-hybridized carbons (Fsp3) is 0.500. The van der Waals surface area contributed by atoms with Gasteiger partial charge in [-0.05, 0) is 31.4 Å². The fourth-order valence-corrected chi connectivity index (χ4v) is 4.26. The van der Waals surface area contributed by atoms with E-state index in [-0.39, 0.29) is 24.9 Å². The molecule has 3 aliphatic heterocycles. The van der Waals surface area contributed by atoms with Gasteiger partial charge in [0.2, 0.25) is 11.8 Å². The number of imide groups is 2. The van der Waals surface area contributed by atoms with Crippen molar-refractivity contribution >= 4 is 29.3 Å². The third-order valence-electron chi connectivity index (χ3n) is 5.70. The van der Waals surface area contributed by atoms with Gasteiger partial charge in [0.1, 0.15) is 6.04 Å². The van der Waals surface area contributed by atoms with E-state index in [4.69, 9.17) is 10.5 Å². The Balaban J connectivity index is 1.56. The molecule has 3 N–H and O–H groups in total. The first-order chi connectivity index (χ1) is 14.0. The lowest BCUT2D eigenvalue weighted by molar-refractivity contribution is -0.136. The zero-order valence-electron chi connectivity index (χ0n) is 16.1. The average Bonchev–Trinajstić information content (AvgIpc) is 2.98. The molecule has 9 nitrogen and oxygen atoms in total. The summed E-state index contributed by atoms with van der Waals surface area (Å²) in [7, 11) is 0. The Labute approximate surface area is 168 Å². The summed E-state index contributed by atoms with van der Waals surface area (Å²) in [5, 5.41) is 2.22. The van der Waals surface area contributed by atoms with Crippen LogP contribution < -0.4 is 16.0 Å². The summed E-state index contributed by atoms with van der Waals surface area (Å²) in [6.07, 6.45) is 2.01. The fourth-order valence-electron chi connectivity index (χ4n) is 4.26. The van der Waals surface area contributed by atoms with E-state index >= 15 is 0 Å². The van der Waals surface area contributed by atoms with Crippen LogP contribution in [0.5, 0.6) is 0 Å². The summed E-state index contributed by atoms with van der Waals surface area (Å²) in [6.45, 7) is 2.41. The van der Waals surface area contributed by atoms with Gasteiger partial charge in [-0.2, -0.15) is 0 Å². The first kappa shape index (κ1) is 19.5. The van der Waals surface area contributed by atoms with Crippen LogP contribution in [0.3, 0.4) is 0 Å². The summed E-state index contributed by atoms with van der Waals surface area (Å²) in [5.74, 6) is -1.95. The Hall–Kier alpha value is -2.78. The molecule has 1 aromatic carbocycles. The summed E-state index contributed by atoms with van der Waals surface area (Å²) in [5.41, 5.74) is 6.83. The maximum atomic E-state index is 13.2. The Kier molecular flexibility index (Phi) is 5.33. The van der Waals surface area contributed by atoms with Gasteiger partial charge < -0.3 is 15.4 Å². The maximum absolute atomic E-state index is 13.2. The minimum Gasteiger partial charge on any atom is -0.377 e. The summed E-state index contributed by atoms with van der Waals surface area (Å²) < 4.78 is 5.71. The van der Waals surface area contributed by atoms with E-state index < -0.39 is 23.8 Å². The van der Waals surface area contributed by atoms with Crippen molar-refractivity contribution < 1.29 is 23.9 Å². The van der Waals surface area contributed by atoms with Crippen molar-refractivity contribution in [3.8, 4) is 0 Å². The number of hydrogen-bond acceptors (Lipinski definition) is 7. The van der Waals surface area contributed by atoms with Gasteiger partial charge >= 0.3 is 0 Å². The molecule has 0 aromatic heterocycles. The predicted molar refractivity (Wildman–Crippen MR) is 103 cm³/mol. The van der Waals surface area contributed by atoms with Crippen LogP contribution in [0.4, 0.5) is 5.69 Å². The predicted octanol–water partition coefficient (Wildman–Crippen LogP) is 0.0319. The number of rotatable bonds is 5. The van der Waals surface area contributed by atoms with Crippen molar-refractivity contribution in [3.63, 3.8) is 0 Å². The molecule has 1 aromatic rings. The molecule has 1 unspecified atom stereocenters. The van der Waals surface area contributed by atoms with Gasteiger partial charge in [-0.1, -0.05) is 6.07 Å². The molecule has 29 heavy (non-hydrogen) atoms. The summed E-state index contributed by atoms with van der Waals surface area (Å²) in [6, 6.07) is 4.24. The van der Waals surface area contributed by atoms with Crippen LogP contribution in [0.15, 0.2) is 18.2 Å². The van der Waals surface area contributed by atoms with Gasteiger partial charge in [-0.3, -0.25) is 29.4 Å². The zero-order valence-corrected chi connectivity index (χ0v) is 16.1. The quantitative estimate of drug-likeness (QED) is 0.669. The molecule has 4 amide bonds. The highest BCUT2D eigenvalue weighted by Crippen LogP contribution is 2.35. The number of nitrogens with zero attached hydrogens (tertiary/aromatic N) is 2. The topological polar surface area (TPSA) is 122 Å². The van der Waals surface area contributed by atoms with Gasteiger partial charge in [0.15, 0.2) is 0 Å². The third kappa shape index (κ3) is 3.51. The normalized spacial score (nSPS) is 22.9. The van der Waals surface area contributed by atoms with Gasteiger partial charge in [-0.15, -0.1) is 0 Å². The van der Waals surface area contributed by atoms with Crippen molar-refractivity contribution in [2.24, 2.45) is 5.73 Å².